The molecule has 142 valence electrons. The number of fused-ring (bicyclic) bond motifs is 1. The Labute approximate surface area is 163 Å². The van der Waals surface area contributed by atoms with Crippen LogP contribution in [0.3, 0.4) is 0 Å². The third-order valence-corrected chi connectivity index (χ3v) is 6.57. The lowest BCUT2D eigenvalue weighted by Crippen LogP contribution is -2.46. The summed E-state index contributed by atoms with van der Waals surface area (Å²) in [4.78, 5) is 15.2. The SMILES string of the molecule is CC(C)(C)c1cc2ncnc(N3CCN(Cc4ccc(F)cc4)CC3)c2s1. The number of aromatic nitrogens is 2. The summed E-state index contributed by atoms with van der Waals surface area (Å²) in [7, 11) is 0. The molecule has 0 radical (unpaired) electrons. The maximum Gasteiger partial charge on any atom is 0.150 e. The van der Waals surface area contributed by atoms with E-state index in [1.165, 1.54) is 21.7 Å². The average molecular weight is 385 g/mol. The molecule has 1 fully saturated rings. The van der Waals surface area contributed by atoms with Gasteiger partial charge >= 0.3 is 0 Å². The monoisotopic (exact) mass is 384 g/mol. The third kappa shape index (κ3) is 3.96. The maximum absolute atomic E-state index is 13.1. The van der Waals surface area contributed by atoms with Crippen LogP contribution in [0.4, 0.5) is 10.2 Å². The van der Waals surface area contributed by atoms with Crippen LogP contribution in [0.5, 0.6) is 0 Å². The predicted molar refractivity (Wildman–Crippen MR) is 110 cm³/mol. The number of hydrogen-bond acceptors (Lipinski definition) is 5. The van der Waals surface area contributed by atoms with Gasteiger partial charge in [0.05, 0.1) is 10.2 Å². The van der Waals surface area contributed by atoms with E-state index in [0.29, 0.717) is 0 Å². The number of nitrogens with zero attached hydrogens (tertiary/aromatic N) is 4. The summed E-state index contributed by atoms with van der Waals surface area (Å²) < 4.78 is 14.3. The number of hydrogen-bond donors (Lipinski definition) is 0. The van der Waals surface area contributed by atoms with E-state index >= 15 is 0 Å². The van der Waals surface area contributed by atoms with Crippen molar-refractivity contribution in [2.75, 3.05) is 31.1 Å². The van der Waals surface area contributed by atoms with Crippen molar-refractivity contribution in [3.05, 3.63) is 52.9 Å². The second-order valence-electron chi connectivity index (χ2n) is 8.16. The number of anilines is 1. The Balaban J connectivity index is 1.48. The fraction of sp³-hybridized carbons (Fsp3) is 0.429. The topological polar surface area (TPSA) is 32.3 Å². The molecule has 0 unspecified atom stereocenters. The van der Waals surface area contributed by atoms with Gasteiger partial charge in [-0.2, -0.15) is 0 Å². The predicted octanol–water partition coefficient (Wildman–Crippen LogP) is 4.45. The molecule has 6 heteroatoms. The molecule has 1 saturated heterocycles. The van der Waals surface area contributed by atoms with Crippen molar-refractivity contribution in [2.45, 2.75) is 32.7 Å². The second-order valence-corrected chi connectivity index (χ2v) is 9.21. The molecule has 0 spiro atoms. The van der Waals surface area contributed by atoms with Gasteiger partial charge in [-0.3, -0.25) is 4.90 Å². The average Bonchev–Trinajstić information content (AvgIpc) is 3.09. The molecule has 4 nitrogen and oxygen atoms in total. The van der Waals surface area contributed by atoms with E-state index in [1.807, 2.05) is 23.5 Å². The van der Waals surface area contributed by atoms with Gasteiger partial charge in [-0.05, 0) is 29.2 Å². The molecule has 0 bridgehead atoms. The minimum absolute atomic E-state index is 0.122. The largest absolute Gasteiger partial charge is 0.353 e. The zero-order valence-electron chi connectivity index (χ0n) is 16.1. The third-order valence-electron chi connectivity index (χ3n) is 5.02. The molecular formula is C21H25FN4S. The van der Waals surface area contributed by atoms with E-state index < -0.39 is 0 Å². The molecule has 3 aromatic rings. The summed E-state index contributed by atoms with van der Waals surface area (Å²) >= 11 is 1.81. The Kier molecular flexibility index (Phi) is 4.86. The summed E-state index contributed by atoms with van der Waals surface area (Å²) in [5, 5.41) is 0. The molecule has 3 heterocycles. The number of thiophene rings is 1. The van der Waals surface area contributed by atoms with Gasteiger partial charge in [0.25, 0.3) is 0 Å². The van der Waals surface area contributed by atoms with Crippen LogP contribution >= 0.6 is 11.3 Å². The van der Waals surface area contributed by atoms with E-state index in [4.69, 9.17) is 0 Å². The molecule has 0 amide bonds. The van der Waals surface area contributed by atoms with E-state index in [9.17, 15) is 4.39 Å². The minimum Gasteiger partial charge on any atom is -0.353 e. The van der Waals surface area contributed by atoms with E-state index in [0.717, 1.165) is 49.6 Å². The molecule has 1 aromatic carbocycles. The Morgan fingerprint density at radius 3 is 2.41 bits per heavy atom. The normalized spacial score (nSPS) is 16.2. The first-order valence-corrected chi connectivity index (χ1v) is 10.2. The van der Waals surface area contributed by atoms with Crippen molar-refractivity contribution in [3.63, 3.8) is 0 Å². The smallest absolute Gasteiger partial charge is 0.150 e. The number of halogens is 1. The van der Waals surface area contributed by atoms with Crippen molar-refractivity contribution in [1.82, 2.24) is 14.9 Å². The number of rotatable bonds is 3. The summed E-state index contributed by atoms with van der Waals surface area (Å²) in [6, 6.07) is 9.01. The van der Waals surface area contributed by atoms with Crippen LogP contribution in [-0.4, -0.2) is 41.0 Å². The summed E-state index contributed by atoms with van der Waals surface area (Å²) in [6.45, 7) is 11.4. The zero-order chi connectivity index (χ0) is 19.0. The van der Waals surface area contributed by atoms with Crippen LogP contribution < -0.4 is 4.90 Å². The van der Waals surface area contributed by atoms with Crippen LogP contribution in [0.2, 0.25) is 0 Å². The summed E-state index contributed by atoms with van der Waals surface area (Å²) in [5.41, 5.74) is 2.32. The highest BCUT2D eigenvalue weighted by atomic mass is 32.1. The molecule has 1 aliphatic heterocycles. The zero-order valence-corrected chi connectivity index (χ0v) is 16.9. The molecule has 0 aliphatic carbocycles. The summed E-state index contributed by atoms with van der Waals surface area (Å²) in [6.07, 6.45) is 1.68. The summed E-state index contributed by atoms with van der Waals surface area (Å²) in [5.74, 6) is 0.879. The van der Waals surface area contributed by atoms with Crippen molar-refractivity contribution in [3.8, 4) is 0 Å². The standard InChI is InChI=1S/C21H25FN4S/c1-21(2,3)18-12-17-19(27-18)20(24-14-23-17)26-10-8-25(9-11-26)13-15-4-6-16(22)7-5-15/h4-7,12,14H,8-11,13H2,1-3H3. The van der Waals surface area contributed by atoms with Gasteiger partial charge in [0.15, 0.2) is 0 Å². The first-order chi connectivity index (χ1) is 12.9. The van der Waals surface area contributed by atoms with Gasteiger partial charge < -0.3 is 4.90 Å². The van der Waals surface area contributed by atoms with Gasteiger partial charge in [0.2, 0.25) is 0 Å². The molecule has 0 N–H and O–H groups in total. The van der Waals surface area contributed by atoms with E-state index in [1.54, 1.807) is 6.33 Å². The lowest BCUT2D eigenvalue weighted by molar-refractivity contribution is 0.249. The molecular weight excluding hydrogens is 359 g/mol. The first kappa shape index (κ1) is 18.3. The second kappa shape index (κ2) is 7.17. The van der Waals surface area contributed by atoms with Gasteiger partial charge in [0.1, 0.15) is 18.0 Å². The van der Waals surface area contributed by atoms with Crippen molar-refractivity contribution in [1.29, 1.82) is 0 Å². The quantitative estimate of drug-likeness (QED) is 0.668. The number of piperazine rings is 1. The van der Waals surface area contributed by atoms with Crippen LogP contribution in [0, 0.1) is 5.82 Å². The Hall–Kier alpha value is -2.05. The Morgan fingerprint density at radius 1 is 1.04 bits per heavy atom. The van der Waals surface area contributed by atoms with Crippen molar-refractivity contribution < 1.29 is 4.39 Å². The molecule has 2 aromatic heterocycles. The van der Waals surface area contributed by atoms with Crippen LogP contribution in [0.1, 0.15) is 31.2 Å². The van der Waals surface area contributed by atoms with Crippen LogP contribution in [0.25, 0.3) is 10.2 Å². The maximum atomic E-state index is 13.1. The van der Waals surface area contributed by atoms with Gasteiger partial charge in [-0.15, -0.1) is 11.3 Å². The van der Waals surface area contributed by atoms with Gasteiger partial charge in [-0.25, -0.2) is 14.4 Å². The van der Waals surface area contributed by atoms with E-state index in [-0.39, 0.29) is 11.2 Å². The lowest BCUT2D eigenvalue weighted by Gasteiger charge is -2.35. The molecule has 0 saturated carbocycles. The van der Waals surface area contributed by atoms with Gasteiger partial charge in [-0.1, -0.05) is 32.9 Å². The highest BCUT2D eigenvalue weighted by Crippen LogP contribution is 2.37. The minimum atomic E-state index is -0.179. The highest BCUT2D eigenvalue weighted by Gasteiger charge is 2.23. The molecule has 1 aliphatic rings. The Bertz CT molecular complexity index is 921. The Morgan fingerprint density at radius 2 is 1.74 bits per heavy atom. The fourth-order valence-corrected chi connectivity index (χ4v) is 4.59. The van der Waals surface area contributed by atoms with E-state index in [2.05, 4.69) is 46.6 Å². The first-order valence-electron chi connectivity index (χ1n) is 9.37. The fourth-order valence-electron chi connectivity index (χ4n) is 3.40. The molecule has 27 heavy (non-hydrogen) atoms. The van der Waals surface area contributed by atoms with Gasteiger partial charge in [0, 0.05) is 37.6 Å². The van der Waals surface area contributed by atoms with Crippen LogP contribution in [0.15, 0.2) is 36.7 Å². The van der Waals surface area contributed by atoms with Crippen molar-refractivity contribution in [2.24, 2.45) is 0 Å². The highest BCUT2D eigenvalue weighted by molar-refractivity contribution is 7.19. The molecule has 4 rings (SSSR count). The van der Waals surface area contributed by atoms with Crippen LogP contribution in [-0.2, 0) is 12.0 Å². The number of benzene rings is 1. The molecule has 0 atom stereocenters. The lowest BCUT2D eigenvalue weighted by atomic mass is 9.95. The van der Waals surface area contributed by atoms with Crippen molar-refractivity contribution >= 4 is 27.4 Å².